The van der Waals surface area contributed by atoms with Gasteiger partial charge in [-0.25, -0.2) is 4.39 Å². The fourth-order valence-electron chi connectivity index (χ4n) is 2.02. The quantitative estimate of drug-likeness (QED) is 0.856. The highest BCUT2D eigenvalue weighted by molar-refractivity contribution is 6.09. The fraction of sp³-hybridized carbons (Fsp3) is 0.188. The van der Waals surface area contributed by atoms with Gasteiger partial charge in [0.05, 0.1) is 0 Å². The summed E-state index contributed by atoms with van der Waals surface area (Å²) in [7, 11) is 0. The Labute approximate surface area is 112 Å². The van der Waals surface area contributed by atoms with E-state index in [4.69, 9.17) is 5.73 Å². The molecule has 0 spiro atoms. The van der Waals surface area contributed by atoms with Crippen LogP contribution in [0.1, 0.15) is 27.0 Å². The average molecular weight is 257 g/mol. The van der Waals surface area contributed by atoms with Crippen molar-refractivity contribution in [1.82, 2.24) is 0 Å². The Morgan fingerprint density at radius 2 is 1.79 bits per heavy atom. The lowest BCUT2D eigenvalue weighted by atomic mass is 10.00. The van der Waals surface area contributed by atoms with Crippen LogP contribution in [0.2, 0.25) is 0 Å². The summed E-state index contributed by atoms with van der Waals surface area (Å²) in [6.45, 7) is 2.35. The molecule has 0 heterocycles. The van der Waals surface area contributed by atoms with Crippen LogP contribution in [0.3, 0.4) is 0 Å². The minimum Gasteiger partial charge on any atom is -0.330 e. The molecular formula is C16H16FNO. The molecule has 19 heavy (non-hydrogen) atoms. The van der Waals surface area contributed by atoms with Crippen molar-refractivity contribution in [2.24, 2.45) is 5.73 Å². The molecule has 0 aliphatic carbocycles. The third-order valence-corrected chi connectivity index (χ3v) is 2.95. The average Bonchev–Trinajstić information content (AvgIpc) is 2.38. The van der Waals surface area contributed by atoms with Gasteiger partial charge in [-0.15, -0.1) is 0 Å². The van der Waals surface area contributed by atoms with E-state index in [-0.39, 0.29) is 11.6 Å². The van der Waals surface area contributed by atoms with Gasteiger partial charge in [-0.05, 0) is 49.2 Å². The van der Waals surface area contributed by atoms with Crippen LogP contribution in [0, 0.1) is 12.7 Å². The van der Waals surface area contributed by atoms with Gasteiger partial charge >= 0.3 is 0 Å². The number of nitrogens with two attached hydrogens (primary N) is 1. The van der Waals surface area contributed by atoms with Crippen molar-refractivity contribution in [1.29, 1.82) is 0 Å². The second kappa shape index (κ2) is 5.76. The first-order valence-corrected chi connectivity index (χ1v) is 6.21. The summed E-state index contributed by atoms with van der Waals surface area (Å²) >= 11 is 0. The van der Waals surface area contributed by atoms with E-state index in [1.807, 2.05) is 12.1 Å². The molecule has 0 saturated heterocycles. The number of carbonyl (C=O) groups excluding carboxylic acids is 1. The first-order valence-electron chi connectivity index (χ1n) is 6.21. The van der Waals surface area contributed by atoms with E-state index < -0.39 is 0 Å². The van der Waals surface area contributed by atoms with E-state index in [0.29, 0.717) is 17.7 Å². The molecule has 0 amide bonds. The Kier molecular flexibility index (Phi) is 4.07. The first-order chi connectivity index (χ1) is 9.10. The van der Waals surface area contributed by atoms with Gasteiger partial charge < -0.3 is 5.73 Å². The van der Waals surface area contributed by atoms with E-state index in [9.17, 15) is 9.18 Å². The number of rotatable bonds is 4. The summed E-state index contributed by atoms with van der Waals surface area (Å²) in [5.41, 5.74) is 8.24. The lowest BCUT2D eigenvalue weighted by Crippen LogP contribution is -2.05. The molecule has 2 N–H and O–H groups in total. The van der Waals surface area contributed by atoms with E-state index in [1.165, 1.54) is 12.1 Å². The van der Waals surface area contributed by atoms with Crippen LogP contribution >= 0.6 is 0 Å². The maximum Gasteiger partial charge on any atom is 0.193 e. The number of benzene rings is 2. The van der Waals surface area contributed by atoms with Gasteiger partial charge in [0.15, 0.2) is 5.78 Å². The molecule has 0 radical (unpaired) electrons. The van der Waals surface area contributed by atoms with Crippen molar-refractivity contribution >= 4 is 5.78 Å². The predicted octanol–water partition coefficient (Wildman–Crippen LogP) is 2.87. The molecule has 2 aromatic carbocycles. The zero-order valence-electron chi connectivity index (χ0n) is 10.8. The number of carbonyl (C=O) groups is 1. The summed E-state index contributed by atoms with van der Waals surface area (Å²) in [5.74, 6) is -0.551. The van der Waals surface area contributed by atoms with Gasteiger partial charge in [-0.1, -0.05) is 24.3 Å². The van der Waals surface area contributed by atoms with Crippen LogP contribution in [0.5, 0.6) is 0 Å². The van der Waals surface area contributed by atoms with Crippen molar-refractivity contribution in [2.45, 2.75) is 13.3 Å². The number of hydrogen-bond donors (Lipinski definition) is 1. The molecule has 3 heteroatoms. The van der Waals surface area contributed by atoms with Gasteiger partial charge in [0.25, 0.3) is 0 Å². The van der Waals surface area contributed by atoms with Crippen LogP contribution in [-0.4, -0.2) is 12.3 Å². The first kappa shape index (κ1) is 13.4. The monoisotopic (exact) mass is 257 g/mol. The van der Waals surface area contributed by atoms with E-state index in [1.54, 1.807) is 25.1 Å². The summed E-state index contributed by atoms with van der Waals surface area (Å²) in [5, 5.41) is 0. The van der Waals surface area contributed by atoms with Crippen LogP contribution in [0.15, 0.2) is 42.5 Å². The molecule has 98 valence electrons. The second-order valence-corrected chi connectivity index (χ2v) is 4.58. The van der Waals surface area contributed by atoms with Crippen LogP contribution in [-0.2, 0) is 6.42 Å². The molecule has 2 rings (SSSR count). The summed E-state index contributed by atoms with van der Waals surface area (Å²) in [6.07, 6.45) is 0.785. The van der Waals surface area contributed by atoms with Crippen LogP contribution in [0.25, 0.3) is 0 Å². The van der Waals surface area contributed by atoms with Crippen molar-refractivity contribution in [3.63, 3.8) is 0 Å². The Morgan fingerprint density at radius 3 is 2.37 bits per heavy atom. The van der Waals surface area contributed by atoms with E-state index in [0.717, 1.165) is 17.5 Å². The molecule has 0 bridgehead atoms. The molecule has 2 nitrogen and oxygen atoms in total. The standard InChI is InChI=1S/C16H16FNO/c1-11-8-14(10-15(17)9-11)16(19)13-4-2-12(3-5-13)6-7-18/h2-5,8-10H,6-7,18H2,1H3. The van der Waals surface area contributed by atoms with Crippen molar-refractivity contribution in [2.75, 3.05) is 6.54 Å². The van der Waals surface area contributed by atoms with Crippen LogP contribution < -0.4 is 5.73 Å². The zero-order valence-corrected chi connectivity index (χ0v) is 10.8. The summed E-state index contributed by atoms with van der Waals surface area (Å²) < 4.78 is 13.3. The van der Waals surface area contributed by atoms with Crippen molar-refractivity contribution in [3.8, 4) is 0 Å². The van der Waals surface area contributed by atoms with Gasteiger partial charge in [0.1, 0.15) is 5.82 Å². The van der Waals surface area contributed by atoms with Gasteiger partial charge in [-0.2, -0.15) is 0 Å². The Balaban J connectivity index is 2.28. The molecule has 0 unspecified atom stereocenters. The maximum absolute atomic E-state index is 13.3. The highest BCUT2D eigenvalue weighted by Crippen LogP contribution is 2.14. The minimum absolute atomic E-state index is 0.165. The molecule has 0 aromatic heterocycles. The highest BCUT2D eigenvalue weighted by atomic mass is 19.1. The maximum atomic E-state index is 13.3. The lowest BCUT2D eigenvalue weighted by molar-refractivity contribution is 0.103. The molecule has 0 aliphatic heterocycles. The van der Waals surface area contributed by atoms with Crippen LogP contribution in [0.4, 0.5) is 4.39 Å². The number of halogens is 1. The van der Waals surface area contributed by atoms with Gasteiger partial charge in [0, 0.05) is 11.1 Å². The predicted molar refractivity (Wildman–Crippen MR) is 73.8 cm³/mol. The van der Waals surface area contributed by atoms with Crippen molar-refractivity contribution in [3.05, 3.63) is 70.5 Å². The zero-order chi connectivity index (χ0) is 13.8. The highest BCUT2D eigenvalue weighted by Gasteiger charge is 2.10. The molecule has 0 saturated carbocycles. The van der Waals surface area contributed by atoms with E-state index >= 15 is 0 Å². The Bertz CT molecular complexity index is 570. The molecule has 0 aliphatic rings. The number of aryl methyl sites for hydroxylation is 1. The molecule has 0 fully saturated rings. The number of ketones is 1. The normalized spacial score (nSPS) is 10.5. The Morgan fingerprint density at radius 1 is 1.11 bits per heavy atom. The third-order valence-electron chi connectivity index (χ3n) is 2.95. The lowest BCUT2D eigenvalue weighted by Gasteiger charge is -2.04. The SMILES string of the molecule is Cc1cc(F)cc(C(=O)c2ccc(CCN)cc2)c1. The third kappa shape index (κ3) is 3.26. The van der Waals surface area contributed by atoms with E-state index in [2.05, 4.69) is 0 Å². The largest absolute Gasteiger partial charge is 0.330 e. The summed E-state index contributed by atoms with van der Waals surface area (Å²) in [6, 6.07) is 11.6. The molecule has 0 atom stereocenters. The topological polar surface area (TPSA) is 43.1 Å². The summed E-state index contributed by atoms with van der Waals surface area (Å²) in [4.78, 5) is 12.2. The molecule has 2 aromatic rings. The fourth-order valence-corrected chi connectivity index (χ4v) is 2.02. The van der Waals surface area contributed by atoms with Crippen molar-refractivity contribution < 1.29 is 9.18 Å². The smallest absolute Gasteiger partial charge is 0.193 e. The minimum atomic E-state index is -0.386. The van der Waals surface area contributed by atoms with Gasteiger partial charge in [-0.3, -0.25) is 4.79 Å². The number of hydrogen-bond acceptors (Lipinski definition) is 2. The van der Waals surface area contributed by atoms with Gasteiger partial charge in [0.2, 0.25) is 0 Å². The Hall–Kier alpha value is -2.00. The molecular weight excluding hydrogens is 241 g/mol. The second-order valence-electron chi connectivity index (χ2n) is 4.58.